The third-order valence-corrected chi connectivity index (χ3v) is 5.55. The van der Waals surface area contributed by atoms with E-state index in [0.717, 1.165) is 0 Å². The highest BCUT2D eigenvalue weighted by Crippen LogP contribution is 2.01. The molecule has 0 aromatic rings. The van der Waals surface area contributed by atoms with Crippen molar-refractivity contribution in [1.82, 2.24) is 31.1 Å². The van der Waals surface area contributed by atoms with Gasteiger partial charge in [-0.2, -0.15) is 0 Å². The first-order valence-electron chi connectivity index (χ1n) is 15.3. The van der Waals surface area contributed by atoms with Gasteiger partial charge < -0.3 is 76.9 Å². The van der Waals surface area contributed by atoms with Crippen LogP contribution in [0, 0.1) is 0 Å². The summed E-state index contributed by atoms with van der Waals surface area (Å²) in [6.45, 7) is 8.44. The summed E-state index contributed by atoms with van der Waals surface area (Å²) in [6, 6.07) is 0. The van der Waals surface area contributed by atoms with Crippen molar-refractivity contribution in [2.75, 3.05) is 118 Å². The lowest BCUT2D eigenvalue weighted by Gasteiger charge is -2.27. The molecule has 18 nitrogen and oxygen atoms in total. The van der Waals surface area contributed by atoms with E-state index >= 15 is 0 Å². The van der Waals surface area contributed by atoms with E-state index in [0.29, 0.717) is 118 Å². The Morgan fingerprint density at radius 1 is 0.341 bits per heavy atom. The van der Waals surface area contributed by atoms with Crippen LogP contribution in [0.3, 0.4) is 0 Å². The van der Waals surface area contributed by atoms with E-state index in [1.165, 1.54) is 0 Å². The zero-order valence-corrected chi connectivity index (χ0v) is 26.7. The minimum absolute atomic E-state index is 0.108. The molecule has 0 heterocycles. The molecule has 0 unspecified atom stereocenters. The first-order valence-corrected chi connectivity index (χ1v) is 15.3. The van der Waals surface area contributed by atoms with Crippen LogP contribution in [0.4, 0.5) is 0 Å². The fraction of sp³-hybridized carbons (Fsp3) is 0.846. The van der Waals surface area contributed by atoms with E-state index in [-0.39, 0.29) is 49.3 Å². The standard InChI is InChI=1S/C22H48N10O4.2C2H8N2/c23-5-9-27-19(33)1-13-31(14-2-20(34)28-10-6-24)17-18-32(15-3-21(35)29-11-7-25)16-4-22(36)30-12-8-26;2*3-1-2-4/h1-18,23-26H2,(H,27,33)(H,28,34)(H,29,35)(H,30,36);2*1-4H2. The largest absolute Gasteiger partial charge is 0.355 e. The number of hydrogen-bond donors (Lipinski definition) is 12. The SMILES string of the molecule is NCCN.NCCN.NCCNC(=O)CCN(CCC(=O)NCCN)CCN(CCC(=O)NCCN)CCC(=O)NCCN. The van der Waals surface area contributed by atoms with Gasteiger partial charge in [-0.3, -0.25) is 19.2 Å². The molecule has 44 heavy (non-hydrogen) atoms. The molecule has 20 N–H and O–H groups in total. The summed E-state index contributed by atoms with van der Waals surface area (Å²) >= 11 is 0. The van der Waals surface area contributed by atoms with E-state index in [9.17, 15) is 19.2 Å². The number of carbonyl (C=O) groups is 4. The topological polar surface area (TPSA) is 331 Å². The first kappa shape index (κ1) is 45.9. The van der Waals surface area contributed by atoms with E-state index in [1.807, 2.05) is 9.80 Å². The molecular weight excluding hydrogens is 572 g/mol. The molecule has 0 saturated heterocycles. The zero-order valence-electron chi connectivity index (χ0n) is 26.7. The van der Waals surface area contributed by atoms with Crippen LogP contribution in [0.25, 0.3) is 0 Å². The smallest absolute Gasteiger partial charge is 0.221 e. The quantitative estimate of drug-likeness (QED) is 0.0443. The summed E-state index contributed by atoms with van der Waals surface area (Å²) in [5, 5.41) is 11.0. The number of hydrogen-bond acceptors (Lipinski definition) is 14. The number of amides is 4. The third-order valence-electron chi connectivity index (χ3n) is 5.55. The molecule has 0 spiro atoms. The Kier molecular flexibility index (Phi) is 38.3. The van der Waals surface area contributed by atoms with Gasteiger partial charge in [0.25, 0.3) is 0 Å². The predicted octanol–water partition coefficient (Wildman–Crippen LogP) is -6.74. The lowest BCUT2D eigenvalue weighted by molar-refractivity contribution is -0.123. The van der Waals surface area contributed by atoms with E-state index in [4.69, 9.17) is 45.9 Å². The summed E-state index contributed by atoms with van der Waals surface area (Å²) in [7, 11) is 0. The molecule has 0 rings (SSSR count). The number of nitrogens with one attached hydrogen (secondary N) is 4. The summed E-state index contributed by atoms with van der Waals surface area (Å²) < 4.78 is 0. The van der Waals surface area contributed by atoms with Crippen LogP contribution in [0.2, 0.25) is 0 Å². The van der Waals surface area contributed by atoms with Crippen LogP contribution in [0.5, 0.6) is 0 Å². The zero-order chi connectivity index (χ0) is 33.8. The molecule has 0 saturated carbocycles. The van der Waals surface area contributed by atoms with Gasteiger partial charge in [-0.15, -0.1) is 0 Å². The van der Waals surface area contributed by atoms with Crippen molar-refractivity contribution >= 4 is 23.6 Å². The fourth-order valence-electron chi connectivity index (χ4n) is 3.19. The lowest BCUT2D eigenvalue weighted by atomic mass is 10.2. The highest BCUT2D eigenvalue weighted by Gasteiger charge is 2.15. The number of nitrogens with two attached hydrogens (primary N) is 8. The molecule has 0 fully saturated rings. The Balaban J connectivity index is -0.00000186. The highest BCUT2D eigenvalue weighted by molar-refractivity contribution is 5.77. The maximum Gasteiger partial charge on any atom is 0.221 e. The van der Waals surface area contributed by atoms with Crippen molar-refractivity contribution in [2.45, 2.75) is 25.7 Å². The molecule has 0 aromatic heterocycles. The third kappa shape index (κ3) is 35.7. The van der Waals surface area contributed by atoms with Gasteiger partial charge in [0.2, 0.25) is 23.6 Å². The van der Waals surface area contributed by atoms with Gasteiger partial charge in [0.1, 0.15) is 0 Å². The molecular formula is C26H64N14O4. The fourth-order valence-corrected chi connectivity index (χ4v) is 3.19. The predicted molar refractivity (Wildman–Crippen MR) is 176 cm³/mol. The normalized spacial score (nSPS) is 10.3. The van der Waals surface area contributed by atoms with Gasteiger partial charge in [0.15, 0.2) is 0 Å². The Morgan fingerprint density at radius 3 is 0.705 bits per heavy atom. The molecule has 262 valence electrons. The van der Waals surface area contributed by atoms with Crippen molar-refractivity contribution in [1.29, 1.82) is 0 Å². The molecule has 0 bridgehead atoms. The molecule has 0 aliphatic rings. The van der Waals surface area contributed by atoms with Crippen molar-refractivity contribution in [2.24, 2.45) is 45.9 Å². The van der Waals surface area contributed by atoms with Crippen LogP contribution in [-0.4, -0.2) is 151 Å². The van der Waals surface area contributed by atoms with Crippen LogP contribution in [0.1, 0.15) is 25.7 Å². The van der Waals surface area contributed by atoms with Crippen LogP contribution < -0.4 is 67.1 Å². The van der Waals surface area contributed by atoms with Gasteiger partial charge in [-0.25, -0.2) is 0 Å². The number of nitrogens with zero attached hydrogens (tertiary/aromatic N) is 2. The Hall–Kier alpha value is -2.52. The van der Waals surface area contributed by atoms with Crippen molar-refractivity contribution < 1.29 is 19.2 Å². The molecule has 0 aliphatic carbocycles. The highest BCUT2D eigenvalue weighted by atomic mass is 16.2. The van der Waals surface area contributed by atoms with Crippen LogP contribution in [0.15, 0.2) is 0 Å². The second-order valence-electron chi connectivity index (χ2n) is 9.39. The minimum Gasteiger partial charge on any atom is -0.355 e. The van der Waals surface area contributed by atoms with E-state index in [2.05, 4.69) is 21.3 Å². The van der Waals surface area contributed by atoms with E-state index in [1.54, 1.807) is 0 Å². The van der Waals surface area contributed by atoms with E-state index < -0.39 is 0 Å². The Morgan fingerprint density at radius 2 is 0.545 bits per heavy atom. The first-order chi connectivity index (χ1) is 21.2. The number of carbonyl (C=O) groups excluding carboxylic acids is 4. The van der Waals surface area contributed by atoms with Gasteiger partial charge in [-0.05, 0) is 0 Å². The monoisotopic (exact) mass is 637 g/mol. The molecule has 0 atom stereocenters. The minimum atomic E-state index is -0.108. The average Bonchev–Trinajstić information content (AvgIpc) is 3.04. The van der Waals surface area contributed by atoms with Gasteiger partial charge in [0, 0.05) is 143 Å². The summed E-state index contributed by atoms with van der Waals surface area (Å²) in [4.78, 5) is 52.2. The second-order valence-corrected chi connectivity index (χ2v) is 9.39. The van der Waals surface area contributed by atoms with Crippen molar-refractivity contribution in [3.05, 3.63) is 0 Å². The lowest BCUT2D eigenvalue weighted by Crippen LogP contribution is -2.42. The molecule has 0 aromatic carbocycles. The molecule has 0 radical (unpaired) electrons. The summed E-state index contributed by atoms with van der Waals surface area (Å²) in [6.07, 6.45) is 1.08. The summed E-state index contributed by atoms with van der Waals surface area (Å²) in [5.74, 6) is -0.433. The number of rotatable bonds is 25. The Labute approximate surface area is 263 Å². The molecule has 0 aliphatic heterocycles. The maximum absolute atomic E-state index is 12.0. The van der Waals surface area contributed by atoms with Gasteiger partial charge in [-0.1, -0.05) is 0 Å². The van der Waals surface area contributed by atoms with Gasteiger partial charge >= 0.3 is 0 Å². The van der Waals surface area contributed by atoms with Gasteiger partial charge in [0.05, 0.1) is 0 Å². The second kappa shape index (κ2) is 36.7. The Bertz CT molecular complexity index is 583. The van der Waals surface area contributed by atoms with Crippen molar-refractivity contribution in [3.63, 3.8) is 0 Å². The maximum atomic E-state index is 12.0. The summed E-state index contributed by atoms with van der Waals surface area (Å²) in [5.41, 5.74) is 41.3. The average molecular weight is 637 g/mol. The van der Waals surface area contributed by atoms with Crippen molar-refractivity contribution in [3.8, 4) is 0 Å². The van der Waals surface area contributed by atoms with Crippen LogP contribution in [-0.2, 0) is 19.2 Å². The molecule has 18 heteroatoms. The molecule has 4 amide bonds. The van der Waals surface area contributed by atoms with Crippen LogP contribution >= 0.6 is 0 Å².